The van der Waals surface area contributed by atoms with E-state index in [-0.39, 0.29) is 0 Å². The molecule has 86 valence electrons. The lowest BCUT2D eigenvalue weighted by Crippen LogP contribution is -2.47. The van der Waals surface area contributed by atoms with E-state index < -0.39 is 0 Å². The van der Waals surface area contributed by atoms with E-state index in [2.05, 4.69) is 25.2 Å². The van der Waals surface area contributed by atoms with Gasteiger partial charge in [0.05, 0.1) is 13.2 Å². The van der Waals surface area contributed by atoms with E-state index in [1.807, 2.05) is 12.1 Å². The maximum Gasteiger partial charge on any atom is 0.110 e. The normalized spacial score (nSPS) is 19.8. The van der Waals surface area contributed by atoms with Gasteiger partial charge in [0.25, 0.3) is 0 Å². The fraction of sp³-hybridized carbons (Fsp3) is 0.583. The Bertz CT molecular complexity index is 403. The molecule has 3 nitrogen and oxygen atoms in total. The fourth-order valence-corrected chi connectivity index (χ4v) is 2.53. The molecule has 0 amide bonds. The van der Waals surface area contributed by atoms with Gasteiger partial charge in [0.1, 0.15) is 10.9 Å². The maximum absolute atomic E-state index is 8.76. The molecule has 1 aromatic heterocycles. The average Bonchev–Trinajstić information content (AvgIpc) is 2.71. The van der Waals surface area contributed by atoms with E-state index in [1.165, 1.54) is 4.88 Å². The van der Waals surface area contributed by atoms with Crippen LogP contribution in [0.3, 0.4) is 0 Å². The molecule has 1 N–H and O–H groups in total. The molecule has 1 aliphatic heterocycles. The second-order valence-corrected chi connectivity index (χ2v) is 5.84. The Morgan fingerprint density at radius 1 is 1.62 bits per heavy atom. The molecule has 1 aromatic rings. The van der Waals surface area contributed by atoms with Crippen molar-refractivity contribution in [3.63, 3.8) is 0 Å². The van der Waals surface area contributed by atoms with Gasteiger partial charge in [0.15, 0.2) is 0 Å². The van der Waals surface area contributed by atoms with E-state index in [0.29, 0.717) is 11.5 Å². The molecule has 0 saturated carbocycles. The average molecular weight is 236 g/mol. The monoisotopic (exact) mass is 236 g/mol. The van der Waals surface area contributed by atoms with Crippen molar-refractivity contribution in [3.05, 3.63) is 21.9 Å². The predicted octanol–water partition coefficient (Wildman–Crippen LogP) is 2.31. The van der Waals surface area contributed by atoms with Crippen LogP contribution in [0.15, 0.2) is 12.1 Å². The molecule has 0 aliphatic carbocycles. The largest absolute Gasteiger partial charge is 0.380 e. The first kappa shape index (κ1) is 11.6. The van der Waals surface area contributed by atoms with E-state index in [1.54, 1.807) is 11.3 Å². The molecule has 0 aromatic carbocycles. The van der Waals surface area contributed by atoms with Crippen molar-refractivity contribution in [2.75, 3.05) is 19.8 Å². The summed E-state index contributed by atoms with van der Waals surface area (Å²) >= 11 is 1.56. The van der Waals surface area contributed by atoms with E-state index in [4.69, 9.17) is 10.00 Å². The van der Waals surface area contributed by atoms with Gasteiger partial charge < -0.3 is 10.1 Å². The summed E-state index contributed by atoms with van der Waals surface area (Å²) in [5.41, 5.74) is 0.295. The summed E-state index contributed by atoms with van der Waals surface area (Å²) in [7, 11) is 0. The van der Waals surface area contributed by atoms with Crippen molar-refractivity contribution in [1.82, 2.24) is 5.32 Å². The number of hydrogen-bond donors (Lipinski definition) is 1. The summed E-state index contributed by atoms with van der Waals surface area (Å²) in [6, 6.07) is 6.39. The molecule has 2 heterocycles. The first-order chi connectivity index (χ1) is 7.63. The standard InChI is InChI=1S/C12H16N2OS/c1-9(11-4-3-10(5-13)16-11)14-6-12(2)7-15-8-12/h3-4,9,14H,6-8H2,1-2H3. The van der Waals surface area contributed by atoms with Gasteiger partial charge in [-0.2, -0.15) is 5.26 Å². The van der Waals surface area contributed by atoms with Gasteiger partial charge in [-0.25, -0.2) is 0 Å². The number of rotatable bonds is 4. The molecule has 0 radical (unpaired) electrons. The van der Waals surface area contributed by atoms with Crippen molar-refractivity contribution >= 4 is 11.3 Å². The van der Waals surface area contributed by atoms with E-state index >= 15 is 0 Å². The SMILES string of the molecule is CC(NCC1(C)COC1)c1ccc(C#N)s1. The molecule has 16 heavy (non-hydrogen) atoms. The van der Waals surface area contributed by atoms with Crippen molar-refractivity contribution in [2.45, 2.75) is 19.9 Å². The second-order valence-electron chi connectivity index (χ2n) is 4.72. The van der Waals surface area contributed by atoms with E-state index in [9.17, 15) is 0 Å². The highest BCUT2D eigenvalue weighted by Gasteiger charge is 2.33. The van der Waals surface area contributed by atoms with Gasteiger partial charge in [-0.3, -0.25) is 0 Å². The molecule has 1 fully saturated rings. The number of hydrogen-bond acceptors (Lipinski definition) is 4. The lowest BCUT2D eigenvalue weighted by molar-refractivity contribution is -0.0998. The van der Waals surface area contributed by atoms with Crippen molar-refractivity contribution < 1.29 is 4.74 Å². The smallest absolute Gasteiger partial charge is 0.110 e. The van der Waals surface area contributed by atoms with Crippen molar-refractivity contribution in [3.8, 4) is 6.07 Å². The Morgan fingerprint density at radius 2 is 2.38 bits per heavy atom. The third kappa shape index (κ3) is 2.43. The first-order valence-electron chi connectivity index (χ1n) is 5.44. The summed E-state index contributed by atoms with van der Waals surface area (Å²) in [6.45, 7) is 7.02. The number of ether oxygens (including phenoxy) is 1. The molecular formula is C12H16N2OS. The van der Waals surface area contributed by atoms with Gasteiger partial charge in [0, 0.05) is 22.9 Å². The number of nitrogens with zero attached hydrogens (tertiary/aromatic N) is 1. The molecule has 0 spiro atoms. The highest BCUT2D eigenvalue weighted by molar-refractivity contribution is 7.12. The Balaban J connectivity index is 1.88. The zero-order valence-electron chi connectivity index (χ0n) is 9.62. The van der Waals surface area contributed by atoms with Crippen molar-refractivity contribution in [1.29, 1.82) is 5.26 Å². The van der Waals surface area contributed by atoms with Crippen LogP contribution < -0.4 is 5.32 Å². The topological polar surface area (TPSA) is 45.0 Å². The van der Waals surface area contributed by atoms with Crippen LogP contribution in [-0.2, 0) is 4.74 Å². The van der Waals surface area contributed by atoms with Crippen LogP contribution in [0.1, 0.15) is 29.6 Å². The summed E-state index contributed by atoms with van der Waals surface area (Å²) in [6.07, 6.45) is 0. The molecule has 2 rings (SSSR count). The van der Waals surface area contributed by atoms with Crippen LogP contribution in [0.5, 0.6) is 0 Å². The quantitative estimate of drug-likeness (QED) is 0.872. The van der Waals surface area contributed by atoms with Crippen LogP contribution in [0.2, 0.25) is 0 Å². The number of nitrogens with one attached hydrogen (secondary N) is 1. The summed E-state index contributed by atoms with van der Waals surface area (Å²) in [4.78, 5) is 2.00. The van der Waals surface area contributed by atoms with Crippen LogP contribution in [-0.4, -0.2) is 19.8 Å². The Hall–Kier alpha value is -0.890. The van der Waals surface area contributed by atoms with Crippen LogP contribution >= 0.6 is 11.3 Å². The van der Waals surface area contributed by atoms with Gasteiger partial charge >= 0.3 is 0 Å². The molecule has 0 bridgehead atoms. The molecule has 1 atom stereocenters. The van der Waals surface area contributed by atoms with Crippen LogP contribution in [0, 0.1) is 16.7 Å². The van der Waals surface area contributed by atoms with Crippen LogP contribution in [0.4, 0.5) is 0 Å². The third-order valence-corrected chi connectivity index (χ3v) is 4.07. The first-order valence-corrected chi connectivity index (χ1v) is 6.26. The summed E-state index contributed by atoms with van der Waals surface area (Å²) < 4.78 is 5.22. The van der Waals surface area contributed by atoms with Gasteiger partial charge in [-0.15, -0.1) is 11.3 Å². The van der Waals surface area contributed by atoms with Gasteiger partial charge in [0.2, 0.25) is 0 Å². The van der Waals surface area contributed by atoms with Crippen LogP contribution in [0.25, 0.3) is 0 Å². The summed E-state index contributed by atoms with van der Waals surface area (Å²) in [5.74, 6) is 0. The van der Waals surface area contributed by atoms with Gasteiger partial charge in [-0.1, -0.05) is 6.92 Å². The Morgan fingerprint density at radius 3 is 2.88 bits per heavy atom. The molecular weight excluding hydrogens is 220 g/mol. The number of nitriles is 1. The van der Waals surface area contributed by atoms with E-state index in [0.717, 1.165) is 24.6 Å². The minimum atomic E-state index is 0.295. The fourth-order valence-electron chi connectivity index (χ4n) is 1.70. The van der Waals surface area contributed by atoms with Gasteiger partial charge in [-0.05, 0) is 19.1 Å². The lowest BCUT2D eigenvalue weighted by atomic mass is 9.88. The minimum absolute atomic E-state index is 0.295. The molecule has 1 unspecified atom stereocenters. The molecule has 4 heteroatoms. The van der Waals surface area contributed by atoms with Crippen molar-refractivity contribution in [2.24, 2.45) is 5.41 Å². The lowest BCUT2D eigenvalue weighted by Gasteiger charge is -2.38. The maximum atomic E-state index is 8.76. The third-order valence-electron chi connectivity index (χ3n) is 2.90. The zero-order valence-corrected chi connectivity index (χ0v) is 10.4. The highest BCUT2D eigenvalue weighted by atomic mass is 32.1. The highest BCUT2D eigenvalue weighted by Crippen LogP contribution is 2.28. The second kappa shape index (κ2) is 4.54. The zero-order chi connectivity index (χ0) is 11.6. The predicted molar refractivity (Wildman–Crippen MR) is 64.4 cm³/mol. The summed E-state index contributed by atoms with van der Waals surface area (Å²) in [5, 5.41) is 12.3. The number of thiophene rings is 1. The minimum Gasteiger partial charge on any atom is -0.380 e. The Kier molecular flexibility index (Phi) is 3.29. The molecule has 1 aliphatic rings. The Labute approximate surface area is 100 Å². The molecule has 1 saturated heterocycles.